The zero-order chi connectivity index (χ0) is 10.3. The summed E-state index contributed by atoms with van der Waals surface area (Å²) in [6, 6.07) is 0. The van der Waals surface area contributed by atoms with Gasteiger partial charge in [0.2, 0.25) is 0 Å². The van der Waals surface area contributed by atoms with Crippen LogP contribution in [0.15, 0.2) is 12.2 Å². The minimum Gasteiger partial charge on any atom is -0.380 e. The van der Waals surface area contributed by atoms with Gasteiger partial charge < -0.3 is 5.11 Å². The number of rotatable bonds is 2. The number of hydrogen-bond acceptors (Lipinski definition) is 1. The molecule has 0 aliphatic heterocycles. The van der Waals surface area contributed by atoms with Crippen molar-refractivity contribution in [3.63, 3.8) is 0 Å². The van der Waals surface area contributed by atoms with E-state index >= 15 is 0 Å². The molecule has 5 atom stereocenters. The van der Waals surface area contributed by atoms with E-state index in [1.807, 2.05) is 0 Å². The van der Waals surface area contributed by atoms with Gasteiger partial charge in [-0.2, -0.15) is 0 Å². The van der Waals surface area contributed by atoms with E-state index in [2.05, 4.69) is 40.9 Å². The monoisotopic (exact) mass is 254 g/mol. The zero-order valence-electron chi connectivity index (χ0n) is 8.28. The maximum absolute atomic E-state index is 9.95. The SMILES string of the molecule is C#CC(O)C1(C)C2C=CC(C2)C1CBr. The molecule has 0 saturated heterocycles. The number of hydrogen-bond donors (Lipinski definition) is 1. The van der Waals surface area contributed by atoms with E-state index in [0.29, 0.717) is 17.8 Å². The van der Waals surface area contributed by atoms with Gasteiger partial charge in [-0.15, -0.1) is 6.42 Å². The van der Waals surface area contributed by atoms with Crippen molar-refractivity contribution in [1.82, 2.24) is 0 Å². The fourth-order valence-corrected chi connectivity index (χ4v) is 4.27. The minimum absolute atomic E-state index is 0.127. The second-order valence-corrected chi connectivity index (χ2v) is 5.23. The van der Waals surface area contributed by atoms with Crippen LogP contribution in [0.5, 0.6) is 0 Å². The second kappa shape index (κ2) is 3.40. The number of alkyl halides is 1. The van der Waals surface area contributed by atoms with Gasteiger partial charge in [0, 0.05) is 10.7 Å². The van der Waals surface area contributed by atoms with Gasteiger partial charge in [0.05, 0.1) is 0 Å². The highest BCUT2D eigenvalue weighted by molar-refractivity contribution is 9.09. The third-order valence-electron chi connectivity index (χ3n) is 4.14. The van der Waals surface area contributed by atoms with Gasteiger partial charge in [0.15, 0.2) is 0 Å². The van der Waals surface area contributed by atoms with Crippen LogP contribution in [-0.4, -0.2) is 16.5 Å². The van der Waals surface area contributed by atoms with Crippen molar-refractivity contribution in [2.24, 2.45) is 23.2 Å². The third kappa shape index (κ3) is 1.12. The first-order chi connectivity index (χ1) is 6.64. The van der Waals surface area contributed by atoms with Crippen molar-refractivity contribution in [3.8, 4) is 12.3 Å². The van der Waals surface area contributed by atoms with E-state index in [0.717, 1.165) is 11.8 Å². The summed E-state index contributed by atoms with van der Waals surface area (Å²) in [6.07, 6.45) is 10.4. The van der Waals surface area contributed by atoms with Crippen LogP contribution >= 0.6 is 15.9 Å². The number of terminal acetylenes is 1. The molecule has 0 amide bonds. The van der Waals surface area contributed by atoms with Crippen molar-refractivity contribution in [2.45, 2.75) is 19.4 Å². The predicted molar refractivity (Wildman–Crippen MR) is 61.0 cm³/mol. The zero-order valence-corrected chi connectivity index (χ0v) is 9.87. The molecule has 1 fully saturated rings. The van der Waals surface area contributed by atoms with E-state index in [1.54, 1.807) is 0 Å². The molecule has 2 aliphatic carbocycles. The second-order valence-electron chi connectivity index (χ2n) is 4.59. The van der Waals surface area contributed by atoms with Gasteiger partial charge in [-0.25, -0.2) is 0 Å². The molecule has 76 valence electrons. The quantitative estimate of drug-likeness (QED) is 0.455. The Labute approximate surface area is 93.7 Å². The summed E-state index contributed by atoms with van der Waals surface area (Å²) in [5.74, 6) is 4.04. The first-order valence-corrected chi connectivity index (χ1v) is 6.15. The lowest BCUT2D eigenvalue weighted by Gasteiger charge is -2.39. The summed E-state index contributed by atoms with van der Waals surface area (Å²) >= 11 is 3.54. The Balaban J connectivity index is 2.34. The molecule has 14 heavy (non-hydrogen) atoms. The molecule has 1 saturated carbocycles. The molecule has 0 heterocycles. The molecule has 0 radical (unpaired) electrons. The number of aliphatic hydroxyl groups is 1. The van der Waals surface area contributed by atoms with Crippen molar-refractivity contribution in [1.29, 1.82) is 0 Å². The van der Waals surface area contributed by atoms with Gasteiger partial charge in [-0.05, 0) is 24.2 Å². The molecule has 5 unspecified atom stereocenters. The molecule has 0 aromatic carbocycles. The van der Waals surface area contributed by atoms with Crippen molar-refractivity contribution in [2.75, 3.05) is 5.33 Å². The van der Waals surface area contributed by atoms with Crippen LogP contribution < -0.4 is 0 Å². The molecule has 0 aromatic rings. The molecule has 1 nitrogen and oxygen atoms in total. The van der Waals surface area contributed by atoms with Crippen LogP contribution in [-0.2, 0) is 0 Å². The average molecular weight is 255 g/mol. The van der Waals surface area contributed by atoms with Crippen LogP contribution in [0.1, 0.15) is 13.3 Å². The van der Waals surface area contributed by atoms with E-state index in [9.17, 15) is 5.11 Å². The van der Waals surface area contributed by atoms with Gasteiger partial charge in [0.1, 0.15) is 6.10 Å². The molecule has 0 aromatic heterocycles. The summed E-state index contributed by atoms with van der Waals surface area (Å²) in [5.41, 5.74) is -0.127. The topological polar surface area (TPSA) is 20.2 Å². The number of aliphatic hydroxyl groups excluding tert-OH is 1. The van der Waals surface area contributed by atoms with Crippen LogP contribution in [0.4, 0.5) is 0 Å². The summed E-state index contributed by atoms with van der Waals surface area (Å²) in [6.45, 7) is 2.12. The van der Waals surface area contributed by atoms with Crippen molar-refractivity contribution >= 4 is 15.9 Å². The fraction of sp³-hybridized carbons (Fsp3) is 0.667. The van der Waals surface area contributed by atoms with Crippen molar-refractivity contribution in [3.05, 3.63) is 12.2 Å². The van der Waals surface area contributed by atoms with E-state index < -0.39 is 6.10 Å². The summed E-state index contributed by atoms with van der Waals surface area (Å²) in [5, 5.41) is 10.9. The van der Waals surface area contributed by atoms with Crippen LogP contribution in [0.25, 0.3) is 0 Å². The number of halogens is 1. The Morgan fingerprint density at radius 3 is 3.00 bits per heavy atom. The van der Waals surface area contributed by atoms with Gasteiger partial charge >= 0.3 is 0 Å². The normalized spacial score (nSPS) is 46.6. The lowest BCUT2D eigenvalue weighted by molar-refractivity contribution is 0.0283. The first kappa shape index (κ1) is 10.3. The Hall–Kier alpha value is -0.260. The van der Waals surface area contributed by atoms with Gasteiger partial charge in [-0.1, -0.05) is 40.9 Å². The van der Waals surface area contributed by atoms with E-state index in [1.165, 1.54) is 0 Å². The molecular weight excluding hydrogens is 240 g/mol. The predicted octanol–water partition coefficient (Wildman–Crippen LogP) is 2.20. The fourth-order valence-electron chi connectivity index (χ4n) is 3.09. The molecule has 2 bridgehead atoms. The summed E-state index contributed by atoms with van der Waals surface area (Å²) in [7, 11) is 0. The minimum atomic E-state index is -0.620. The largest absolute Gasteiger partial charge is 0.380 e. The Morgan fingerprint density at radius 1 is 1.71 bits per heavy atom. The Kier molecular flexibility index (Phi) is 2.49. The smallest absolute Gasteiger partial charge is 0.120 e. The highest BCUT2D eigenvalue weighted by Gasteiger charge is 2.55. The Bertz CT molecular complexity index is 304. The molecule has 1 N–H and O–H groups in total. The third-order valence-corrected chi connectivity index (χ3v) is 4.84. The molecule has 2 aliphatic rings. The van der Waals surface area contributed by atoms with Crippen LogP contribution in [0.3, 0.4) is 0 Å². The van der Waals surface area contributed by atoms with Gasteiger partial charge in [-0.3, -0.25) is 0 Å². The molecule has 2 rings (SSSR count). The molecular formula is C12H15BrO. The standard InChI is InChI=1S/C12H15BrO/c1-3-11(14)12(2)9-5-4-8(6-9)10(12)7-13/h1,4-5,8-11,14H,6-7H2,2H3. The maximum atomic E-state index is 9.95. The van der Waals surface area contributed by atoms with Gasteiger partial charge in [0.25, 0.3) is 0 Å². The lowest BCUT2D eigenvalue weighted by atomic mass is 9.67. The lowest BCUT2D eigenvalue weighted by Crippen LogP contribution is -2.42. The van der Waals surface area contributed by atoms with Crippen molar-refractivity contribution < 1.29 is 5.11 Å². The maximum Gasteiger partial charge on any atom is 0.120 e. The molecule has 2 heteroatoms. The van der Waals surface area contributed by atoms with Crippen LogP contribution in [0, 0.1) is 35.5 Å². The molecule has 0 spiro atoms. The highest BCUT2D eigenvalue weighted by Crippen LogP contribution is 2.58. The van der Waals surface area contributed by atoms with E-state index in [4.69, 9.17) is 6.42 Å². The summed E-state index contributed by atoms with van der Waals surface area (Å²) in [4.78, 5) is 0. The Morgan fingerprint density at radius 2 is 2.43 bits per heavy atom. The van der Waals surface area contributed by atoms with E-state index in [-0.39, 0.29) is 5.41 Å². The summed E-state index contributed by atoms with van der Waals surface area (Å²) < 4.78 is 0. The average Bonchev–Trinajstić information content (AvgIpc) is 2.75. The number of fused-ring (bicyclic) bond motifs is 2. The first-order valence-electron chi connectivity index (χ1n) is 5.03. The highest BCUT2D eigenvalue weighted by atomic mass is 79.9. The van der Waals surface area contributed by atoms with Crippen LogP contribution in [0.2, 0.25) is 0 Å². The number of allylic oxidation sites excluding steroid dienone is 2.